The van der Waals surface area contributed by atoms with Crippen LogP contribution < -0.4 is 10.6 Å². The third kappa shape index (κ3) is 3.14. The first kappa shape index (κ1) is 18.5. The highest BCUT2D eigenvalue weighted by Crippen LogP contribution is 2.31. The highest BCUT2D eigenvalue weighted by molar-refractivity contribution is 7.13. The van der Waals surface area contributed by atoms with E-state index in [-0.39, 0.29) is 18.0 Å². The molecular weight excluding hydrogens is 396 g/mol. The van der Waals surface area contributed by atoms with Crippen LogP contribution in [0.4, 0.5) is 0 Å². The first-order valence-electron chi connectivity index (χ1n) is 10.9. The monoisotopic (exact) mass is 422 g/mol. The molecule has 1 aromatic carbocycles. The number of piperidine rings is 3. The molecule has 2 atom stereocenters. The van der Waals surface area contributed by atoms with E-state index in [1.165, 1.54) is 25.9 Å². The Morgan fingerprint density at radius 3 is 2.83 bits per heavy atom. The minimum Gasteiger partial charge on any atom is -0.346 e. The number of rotatable bonds is 4. The summed E-state index contributed by atoms with van der Waals surface area (Å²) in [6.45, 7) is 5.18. The van der Waals surface area contributed by atoms with Crippen molar-refractivity contribution in [3.8, 4) is 10.6 Å². The average molecular weight is 423 g/mol. The quantitative estimate of drug-likeness (QED) is 0.676. The Labute approximate surface area is 179 Å². The molecule has 3 aromatic rings. The van der Waals surface area contributed by atoms with Gasteiger partial charge in [-0.1, -0.05) is 6.07 Å². The van der Waals surface area contributed by atoms with E-state index < -0.39 is 0 Å². The molecule has 6 heterocycles. The summed E-state index contributed by atoms with van der Waals surface area (Å²) in [5, 5.41) is 15.5. The second-order valence-electron chi connectivity index (χ2n) is 8.73. The van der Waals surface area contributed by atoms with Gasteiger partial charge in [0, 0.05) is 41.7 Å². The van der Waals surface area contributed by atoms with Crippen molar-refractivity contribution in [3.63, 3.8) is 0 Å². The molecule has 2 bridgehead atoms. The second-order valence-corrected chi connectivity index (χ2v) is 9.62. The molecule has 0 radical (unpaired) electrons. The molecule has 0 saturated carbocycles. The summed E-state index contributed by atoms with van der Waals surface area (Å²) >= 11 is 1.63. The molecule has 0 aliphatic carbocycles. The van der Waals surface area contributed by atoms with Gasteiger partial charge in [0.2, 0.25) is 0 Å². The van der Waals surface area contributed by atoms with Gasteiger partial charge < -0.3 is 15.5 Å². The van der Waals surface area contributed by atoms with Crippen molar-refractivity contribution in [1.29, 1.82) is 0 Å². The van der Waals surface area contributed by atoms with Crippen molar-refractivity contribution in [1.82, 2.24) is 30.3 Å². The number of nitrogens with one attached hydrogen (secondary N) is 2. The van der Waals surface area contributed by atoms with Gasteiger partial charge in [0.05, 0.1) is 11.6 Å². The molecule has 8 heteroatoms. The maximum Gasteiger partial charge on any atom is 0.272 e. The van der Waals surface area contributed by atoms with Gasteiger partial charge in [0.15, 0.2) is 5.69 Å². The fraction of sp³-hybridized carbons (Fsp3) is 0.500. The van der Waals surface area contributed by atoms with E-state index in [9.17, 15) is 4.79 Å². The Balaban J connectivity index is 1.37. The van der Waals surface area contributed by atoms with Gasteiger partial charge in [-0.2, -0.15) is 5.10 Å². The van der Waals surface area contributed by atoms with Crippen LogP contribution >= 0.6 is 11.3 Å². The Morgan fingerprint density at radius 2 is 2.13 bits per heavy atom. The SMILES string of the molecule is O=C(N[C@@H]1CN2CCC1CC2)c1nn(C2CCNC2)c2cc(-c3nccs3)ccc12. The molecule has 4 aliphatic heterocycles. The van der Waals surface area contributed by atoms with Crippen LogP contribution in [0.1, 0.15) is 35.8 Å². The molecule has 2 aromatic heterocycles. The zero-order valence-corrected chi connectivity index (χ0v) is 17.7. The van der Waals surface area contributed by atoms with Crippen LogP contribution in [0.2, 0.25) is 0 Å². The number of amides is 1. The number of carbonyl (C=O) groups excluding carboxylic acids is 1. The van der Waals surface area contributed by atoms with E-state index >= 15 is 0 Å². The van der Waals surface area contributed by atoms with Crippen molar-refractivity contribution in [2.45, 2.75) is 31.3 Å². The topological polar surface area (TPSA) is 75.1 Å². The largest absolute Gasteiger partial charge is 0.346 e. The van der Waals surface area contributed by atoms with Gasteiger partial charge in [-0.25, -0.2) is 4.98 Å². The number of fused-ring (bicyclic) bond motifs is 4. The van der Waals surface area contributed by atoms with Crippen molar-refractivity contribution in [2.24, 2.45) is 5.92 Å². The first-order valence-corrected chi connectivity index (χ1v) is 11.8. The standard InChI is InChI=1S/C22H26N6OS/c29-21(25-18-13-27-8-4-14(18)5-9-27)20-17-2-1-15(22-24-7-10-30-22)11-19(17)28(26-20)16-3-6-23-12-16/h1-2,7,10-11,14,16,18,23H,3-6,8-9,12-13H2,(H,25,29)/t16?,18-/m1/s1. The summed E-state index contributed by atoms with van der Waals surface area (Å²) in [6.07, 6.45) is 5.23. The maximum atomic E-state index is 13.3. The third-order valence-corrected chi connectivity index (χ3v) is 7.78. The lowest BCUT2D eigenvalue weighted by molar-refractivity contribution is 0.0618. The predicted octanol–water partition coefficient (Wildman–Crippen LogP) is 2.52. The molecule has 4 saturated heterocycles. The van der Waals surface area contributed by atoms with Gasteiger partial charge in [-0.15, -0.1) is 11.3 Å². The Bertz CT molecular complexity index is 1060. The fourth-order valence-corrected chi connectivity index (χ4v) is 5.93. The minimum absolute atomic E-state index is 0.0366. The molecule has 156 valence electrons. The summed E-state index contributed by atoms with van der Waals surface area (Å²) in [6, 6.07) is 6.76. The Kier molecular flexibility index (Phi) is 4.58. The molecule has 7 nitrogen and oxygen atoms in total. The van der Waals surface area contributed by atoms with Crippen molar-refractivity contribution >= 4 is 28.1 Å². The molecular formula is C22H26N6OS. The van der Waals surface area contributed by atoms with Crippen LogP contribution in [-0.4, -0.2) is 64.3 Å². The molecule has 1 amide bonds. The lowest BCUT2D eigenvalue weighted by Gasteiger charge is -2.44. The van der Waals surface area contributed by atoms with Crippen molar-refractivity contribution in [3.05, 3.63) is 35.5 Å². The summed E-state index contributed by atoms with van der Waals surface area (Å²) in [4.78, 5) is 20.2. The minimum atomic E-state index is -0.0366. The summed E-state index contributed by atoms with van der Waals surface area (Å²) in [5.74, 6) is 0.563. The molecule has 30 heavy (non-hydrogen) atoms. The summed E-state index contributed by atoms with van der Waals surface area (Å²) in [5.41, 5.74) is 2.66. The van der Waals surface area contributed by atoms with Crippen LogP contribution in [0.5, 0.6) is 0 Å². The van der Waals surface area contributed by atoms with Gasteiger partial charge in [0.25, 0.3) is 5.91 Å². The second kappa shape index (κ2) is 7.44. The van der Waals surface area contributed by atoms with Gasteiger partial charge in [-0.05, 0) is 56.9 Å². The smallest absolute Gasteiger partial charge is 0.272 e. The predicted molar refractivity (Wildman–Crippen MR) is 118 cm³/mol. The lowest BCUT2D eigenvalue weighted by Crippen LogP contribution is -2.57. The average Bonchev–Trinajstić information content (AvgIpc) is 3.54. The fourth-order valence-electron chi connectivity index (χ4n) is 5.30. The Hall–Kier alpha value is -2.29. The normalized spacial score (nSPS) is 28.3. The molecule has 1 unspecified atom stereocenters. The highest BCUT2D eigenvalue weighted by atomic mass is 32.1. The van der Waals surface area contributed by atoms with Gasteiger partial charge >= 0.3 is 0 Å². The zero-order valence-electron chi connectivity index (χ0n) is 16.9. The van der Waals surface area contributed by atoms with E-state index in [2.05, 4.69) is 37.3 Å². The van der Waals surface area contributed by atoms with Crippen molar-refractivity contribution < 1.29 is 4.79 Å². The molecule has 7 rings (SSSR count). The lowest BCUT2D eigenvalue weighted by atomic mass is 9.84. The van der Waals surface area contributed by atoms with Crippen LogP contribution in [-0.2, 0) is 0 Å². The van der Waals surface area contributed by atoms with Crippen molar-refractivity contribution in [2.75, 3.05) is 32.7 Å². The number of hydrogen-bond donors (Lipinski definition) is 2. The van der Waals surface area contributed by atoms with Crippen LogP contribution in [0.15, 0.2) is 29.8 Å². The van der Waals surface area contributed by atoms with Crippen LogP contribution in [0, 0.1) is 5.92 Å². The van der Waals surface area contributed by atoms with Gasteiger partial charge in [0.1, 0.15) is 5.01 Å². The first-order chi connectivity index (χ1) is 14.8. The number of thiazole rings is 1. The van der Waals surface area contributed by atoms with E-state index in [1.54, 1.807) is 11.3 Å². The summed E-state index contributed by atoms with van der Waals surface area (Å²) in [7, 11) is 0. The number of nitrogens with zero attached hydrogens (tertiary/aromatic N) is 4. The Morgan fingerprint density at radius 1 is 1.23 bits per heavy atom. The number of carbonyl (C=O) groups is 1. The molecule has 0 spiro atoms. The van der Waals surface area contributed by atoms with Gasteiger partial charge in [-0.3, -0.25) is 9.48 Å². The molecule has 2 N–H and O–H groups in total. The zero-order chi connectivity index (χ0) is 20.1. The number of hydrogen-bond acceptors (Lipinski definition) is 6. The maximum absolute atomic E-state index is 13.3. The third-order valence-electron chi connectivity index (χ3n) is 6.95. The van der Waals surface area contributed by atoms with E-state index in [0.717, 1.165) is 47.5 Å². The number of aromatic nitrogens is 3. The molecule has 4 aliphatic rings. The highest BCUT2D eigenvalue weighted by Gasteiger charge is 2.36. The van der Waals surface area contributed by atoms with E-state index in [1.807, 2.05) is 17.6 Å². The van der Waals surface area contributed by atoms with E-state index in [0.29, 0.717) is 11.6 Å². The number of benzene rings is 1. The van der Waals surface area contributed by atoms with Crippen LogP contribution in [0.3, 0.4) is 0 Å². The van der Waals surface area contributed by atoms with E-state index in [4.69, 9.17) is 5.10 Å². The molecule has 4 fully saturated rings. The summed E-state index contributed by atoms with van der Waals surface area (Å²) < 4.78 is 2.07. The van der Waals surface area contributed by atoms with Crippen LogP contribution in [0.25, 0.3) is 21.5 Å².